The normalized spacial score (nSPS) is 11.1. The highest BCUT2D eigenvalue weighted by Crippen LogP contribution is 2.29. The highest BCUT2D eigenvalue weighted by molar-refractivity contribution is 6.36. The van der Waals surface area contributed by atoms with Gasteiger partial charge in [0, 0.05) is 30.9 Å². The first-order valence-corrected chi connectivity index (χ1v) is 12.4. The van der Waals surface area contributed by atoms with Gasteiger partial charge in [0.25, 0.3) is 0 Å². The quantitative estimate of drug-likeness (QED) is 0.219. The molecule has 0 fully saturated rings. The van der Waals surface area contributed by atoms with Crippen LogP contribution in [0, 0.1) is 0 Å². The third kappa shape index (κ3) is 5.33. The van der Waals surface area contributed by atoms with Crippen molar-refractivity contribution in [2.24, 2.45) is 0 Å². The van der Waals surface area contributed by atoms with E-state index in [2.05, 4.69) is 15.7 Å². The molecular weight excluding hydrogens is 461 g/mol. The Hall–Kier alpha value is -4.59. The summed E-state index contributed by atoms with van der Waals surface area (Å²) in [4.78, 5) is 17.9. The number of amides is 1. The number of carbonyl (C=O) groups is 1. The zero-order valence-corrected chi connectivity index (χ0v) is 20.6. The molecule has 0 aliphatic heterocycles. The van der Waals surface area contributed by atoms with Crippen molar-refractivity contribution < 1.29 is 9.90 Å². The molecule has 0 bridgehead atoms. The molecule has 0 spiro atoms. The lowest BCUT2D eigenvalue weighted by Gasteiger charge is -2.18. The van der Waals surface area contributed by atoms with Gasteiger partial charge in [-0.1, -0.05) is 72.8 Å². The van der Waals surface area contributed by atoms with Crippen molar-refractivity contribution in [2.45, 2.75) is 12.3 Å². The summed E-state index contributed by atoms with van der Waals surface area (Å²) in [5.41, 5.74) is 4.93. The van der Waals surface area contributed by atoms with Crippen LogP contribution in [0.25, 0.3) is 16.9 Å². The molecule has 1 amide bonds. The van der Waals surface area contributed by atoms with Crippen LogP contribution in [0.2, 0.25) is 0 Å². The fourth-order valence-electron chi connectivity index (χ4n) is 4.43. The molecule has 2 heterocycles. The molecule has 0 saturated heterocycles. The predicted molar refractivity (Wildman–Crippen MR) is 149 cm³/mol. The Labute approximate surface area is 216 Å². The van der Waals surface area contributed by atoms with E-state index in [0.717, 1.165) is 34.5 Å². The van der Waals surface area contributed by atoms with E-state index in [0.29, 0.717) is 24.3 Å². The maximum atomic E-state index is 13.2. The second-order valence-corrected chi connectivity index (χ2v) is 8.93. The summed E-state index contributed by atoms with van der Waals surface area (Å²) >= 11 is 0. The van der Waals surface area contributed by atoms with E-state index in [4.69, 9.17) is 4.98 Å². The highest BCUT2D eigenvalue weighted by Gasteiger charge is 2.22. The lowest BCUT2D eigenvalue weighted by atomic mass is 9.90. The average molecular weight is 489 g/mol. The first kappa shape index (κ1) is 24.1. The van der Waals surface area contributed by atoms with E-state index in [-0.39, 0.29) is 17.6 Å². The van der Waals surface area contributed by atoms with Gasteiger partial charge in [-0.25, -0.2) is 4.98 Å². The van der Waals surface area contributed by atoms with Crippen molar-refractivity contribution in [1.29, 1.82) is 0 Å². The first-order chi connectivity index (χ1) is 18.1. The number of rotatable bonds is 9. The molecule has 0 aliphatic carbocycles. The molecule has 0 saturated carbocycles. The van der Waals surface area contributed by atoms with Crippen LogP contribution in [0.15, 0.2) is 97.2 Å². The molecule has 5 aromatic rings. The van der Waals surface area contributed by atoms with Gasteiger partial charge in [0.05, 0.1) is 11.6 Å². The Kier molecular flexibility index (Phi) is 7.17. The van der Waals surface area contributed by atoms with Crippen molar-refractivity contribution in [3.8, 4) is 17.0 Å². The summed E-state index contributed by atoms with van der Waals surface area (Å²) in [5, 5.41) is 21.3. The topological polar surface area (TPSA) is 91.5 Å². The summed E-state index contributed by atoms with van der Waals surface area (Å²) in [7, 11) is 1.96. The van der Waals surface area contributed by atoms with Gasteiger partial charge in [0.15, 0.2) is 5.65 Å². The van der Waals surface area contributed by atoms with Gasteiger partial charge in [-0.2, -0.15) is 9.61 Å². The summed E-state index contributed by atoms with van der Waals surface area (Å²) in [6.07, 6.45) is 2.49. The molecule has 0 radical (unpaired) electrons. The Morgan fingerprint density at radius 2 is 1.57 bits per heavy atom. The largest absolute Gasteiger partial charge is 0.507 e. The molecule has 37 heavy (non-hydrogen) atoms. The van der Waals surface area contributed by atoms with Gasteiger partial charge in [-0.05, 0) is 35.1 Å². The number of aromatic nitrogens is 3. The summed E-state index contributed by atoms with van der Waals surface area (Å²) < 4.78 is 1.76. The molecule has 3 N–H and O–H groups in total. The number of phenols is 1. The summed E-state index contributed by atoms with van der Waals surface area (Å²) in [6.45, 7) is 1.15. The van der Waals surface area contributed by atoms with Crippen LogP contribution in [0.5, 0.6) is 5.75 Å². The van der Waals surface area contributed by atoms with E-state index in [1.807, 2.05) is 86.7 Å². The third-order valence-electron chi connectivity index (χ3n) is 6.32. The molecule has 0 unspecified atom stereocenters. The molecular formula is C29H28BN5O2. The Morgan fingerprint density at radius 3 is 2.24 bits per heavy atom. The maximum absolute atomic E-state index is 13.2. The third-order valence-corrected chi connectivity index (χ3v) is 6.32. The Balaban J connectivity index is 1.26. The number of hydrogen-bond donors (Lipinski definition) is 3. The number of nitrogens with zero attached hydrogens (tertiary/aromatic N) is 3. The number of aromatic hydroxyl groups is 1. The molecule has 3 aromatic carbocycles. The SMILES string of the molecule is Bc1cnn2c(NCCCNC(=O)C(c3ccccc3)c3ccccc3)cc(-c3ccccc3O)nc12. The number of phenolic OH excluding ortho intramolecular Hbond substituents is 1. The second kappa shape index (κ2) is 11.0. The minimum atomic E-state index is -0.358. The van der Waals surface area contributed by atoms with Crippen LogP contribution in [-0.2, 0) is 4.79 Å². The second-order valence-electron chi connectivity index (χ2n) is 8.93. The van der Waals surface area contributed by atoms with E-state index >= 15 is 0 Å². The minimum absolute atomic E-state index is 0.0201. The summed E-state index contributed by atoms with van der Waals surface area (Å²) in [6, 6.07) is 28.7. The first-order valence-electron chi connectivity index (χ1n) is 12.4. The Bertz CT molecular complexity index is 1470. The fourth-order valence-corrected chi connectivity index (χ4v) is 4.43. The zero-order valence-electron chi connectivity index (χ0n) is 20.6. The predicted octanol–water partition coefficient (Wildman–Crippen LogP) is 3.11. The summed E-state index contributed by atoms with van der Waals surface area (Å²) in [5.74, 6) is 0.572. The standard InChI is InChI=1S/C29H28BN5O2/c30-23-19-33-35-26(18-24(34-28(23)35)22-14-7-8-15-25(22)36)31-16-9-17-32-29(37)27(20-10-3-1-4-11-20)21-12-5-2-6-13-21/h1-8,10-15,18-19,27,31,36H,9,16-17,30H2,(H,32,37). The van der Waals surface area contributed by atoms with E-state index in [1.165, 1.54) is 0 Å². The van der Waals surface area contributed by atoms with Crippen LogP contribution < -0.4 is 16.1 Å². The Morgan fingerprint density at radius 1 is 0.919 bits per heavy atom. The molecule has 8 heteroatoms. The number of para-hydroxylation sites is 1. The number of hydrogen-bond acceptors (Lipinski definition) is 5. The van der Waals surface area contributed by atoms with Crippen molar-refractivity contribution >= 4 is 30.7 Å². The molecule has 2 aromatic heterocycles. The highest BCUT2D eigenvalue weighted by atomic mass is 16.3. The monoisotopic (exact) mass is 489 g/mol. The van der Waals surface area contributed by atoms with Crippen molar-refractivity contribution in [3.05, 3.63) is 108 Å². The lowest BCUT2D eigenvalue weighted by molar-refractivity contribution is -0.121. The van der Waals surface area contributed by atoms with Crippen LogP contribution in [-0.4, -0.2) is 46.5 Å². The molecule has 184 valence electrons. The van der Waals surface area contributed by atoms with Crippen LogP contribution in [0.4, 0.5) is 5.82 Å². The van der Waals surface area contributed by atoms with Gasteiger partial charge in [0.1, 0.15) is 19.4 Å². The minimum Gasteiger partial charge on any atom is -0.507 e. The number of carbonyl (C=O) groups excluding carboxylic acids is 1. The van der Waals surface area contributed by atoms with Gasteiger partial charge in [-0.3, -0.25) is 4.79 Å². The van der Waals surface area contributed by atoms with Crippen LogP contribution >= 0.6 is 0 Å². The van der Waals surface area contributed by atoms with Gasteiger partial charge < -0.3 is 15.7 Å². The average Bonchev–Trinajstić information content (AvgIpc) is 3.30. The number of nitrogens with one attached hydrogen (secondary N) is 2. The van der Waals surface area contributed by atoms with E-state index in [9.17, 15) is 9.90 Å². The fraction of sp³-hybridized carbons (Fsp3) is 0.138. The number of benzene rings is 3. The number of anilines is 1. The van der Waals surface area contributed by atoms with Gasteiger partial charge in [0.2, 0.25) is 5.91 Å². The van der Waals surface area contributed by atoms with E-state index in [1.54, 1.807) is 22.8 Å². The number of fused-ring (bicyclic) bond motifs is 1. The molecule has 0 aliphatic rings. The zero-order chi connectivity index (χ0) is 25.6. The molecule has 0 atom stereocenters. The van der Waals surface area contributed by atoms with Crippen molar-refractivity contribution in [3.63, 3.8) is 0 Å². The molecule has 5 rings (SSSR count). The van der Waals surface area contributed by atoms with E-state index < -0.39 is 0 Å². The van der Waals surface area contributed by atoms with Crippen LogP contribution in [0.3, 0.4) is 0 Å². The van der Waals surface area contributed by atoms with Crippen molar-refractivity contribution in [1.82, 2.24) is 19.9 Å². The lowest BCUT2D eigenvalue weighted by Crippen LogP contribution is -2.31. The van der Waals surface area contributed by atoms with Crippen molar-refractivity contribution in [2.75, 3.05) is 18.4 Å². The van der Waals surface area contributed by atoms with Gasteiger partial charge in [-0.15, -0.1) is 0 Å². The molecule has 7 nitrogen and oxygen atoms in total. The smallest absolute Gasteiger partial charge is 0.232 e. The van der Waals surface area contributed by atoms with Crippen LogP contribution in [0.1, 0.15) is 23.5 Å². The maximum Gasteiger partial charge on any atom is 0.232 e. The van der Waals surface area contributed by atoms with Gasteiger partial charge >= 0.3 is 0 Å².